The first-order valence-corrected chi connectivity index (χ1v) is 7.84. The Morgan fingerprint density at radius 2 is 2.33 bits per heavy atom. The first kappa shape index (κ1) is 14.1. The fourth-order valence-corrected chi connectivity index (χ4v) is 3.80. The van der Waals surface area contributed by atoms with E-state index in [2.05, 4.69) is 34.9 Å². The normalized spacial score (nSPS) is 28.6. The van der Waals surface area contributed by atoms with Crippen molar-refractivity contribution in [3.8, 4) is 0 Å². The van der Waals surface area contributed by atoms with Crippen LogP contribution in [0.5, 0.6) is 0 Å². The Kier molecular flexibility index (Phi) is 4.49. The van der Waals surface area contributed by atoms with Gasteiger partial charge in [0.05, 0.1) is 16.4 Å². The predicted molar refractivity (Wildman–Crippen MR) is 76.4 cm³/mol. The number of aliphatic hydroxyl groups is 1. The third-order valence-electron chi connectivity index (χ3n) is 4.08. The first-order chi connectivity index (χ1) is 8.60. The van der Waals surface area contributed by atoms with Gasteiger partial charge in [0.1, 0.15) is 5.60 Å². The zero-order valence-electron chi connectivity index (χ0n) is 11.3. The van der Waals surface area contributed by atoms with Gasteiger partial charge in [-0.15, -0.1) is 0 Å². The van der Waals surface area contributed by atoms with Crippen molar-refractivity contribution in [3.05, 3.63) is 16.4 Å². The van der Waals surface area contributed by atoms with Crippen LogP contribution in [0.25, 0.3) is 0 Å². The molecule has 4 heteroatoms. The molecule has 0 saturated heterocycles. The van der Waals surface area contributed by atoms with Gasteiger partial charge in [0, 0.05) is 6.54 Å². The molecule has 1 N–H and O–H groups in total. The minimum absolute atomic E-state index is 0.639. The molecule has 1 fully saturated rings. The maximum atomic E-state index is 11.0. The van der Waals surface area contributed by atoms with Crippen LogP contribution in [0.3, 0.4) is 0 Å². The molecule has 1 heterocycles. The van der Waals surface area contributed by atoms with Gasteiger partial charge < -0.3 is 5.11 Å². The molecule has 1 aliphatic carbocycles. The van der Waals surface area contributed by atoms with Crippen molar-refractivity contribution in [1.82, 2.24) is 9.78 Å². The molecule has 0 radical (unpaired) electrons. The zero-order chi connectivity index (χ0) is 13.2. The molecule has 2 unspecified atom stereocenters. The lowest BCUT2D eigenvalue weighted by Crippen LogP contribution is -2.35. The van der Waals surface area contributed by atoms with E-state index in [1.807, 2.05) is 10.9 Å². The van der Waals surface area contributed by atoms with Gasteiger partial charge in [0.25, 0.3) is 0 Å². The summed E-state index contributed by atoms with van der Waals surface area (Å²) in [7, 11) is 0. The number of rotatable bonds is 4. The SMILES string of the molecule is CCCn1ncc(Br)c1C1(O)CCCC(CC)C1. The Hall–Kier alpha value is -0.350. The highest BCUT2D eigenvalue weighted by atomic mass is 79.9. The summed E-state index contributed by atoms with van der Waals surface area (Å²) in [5.74, 6) is 0.639. The average molecular weight is 315 g/mol. The van der Waals surface area contributed by atoms with Crippen molar-refractivity contribution in [3.63, 3.8) is 0 Å². The fraction of sp³-hybridized carbons (Fsp3) is 0.786. The topological polar surface area (TPSA) is 38.0 Å². The molecule has 1 aliphatic rings. The summed E-state index contributed by atoms with van der Waals surface area (Å²) in [6, 6.07) is 0. The number of halogens is 1. The van der Waals surface area contributed by atoms with E-state index in [0.717, 1.165) is 48.8 Å². The van der Waals surface area contributed by atoms with Gasteiger partial charge in [-0.05, 0) is 47.5 Å². The minimum atomic E-state index is -0.691. The molecule has 0 amide bonds. The van der Waals surface area contributed by atoms with Crippen molar-refractivity contribution >= 4 is 15.9 Å². The molecule has 18 heavy (non-hydrogen) atoms. The van der Waals surface area contributed by atoms with Crippen LogP contribution in [-0.2, 0) is 12.1 Å². The molecule has 102 valence electrons. The van der Waals surface area contributed by atoms with Gasteiger partial charge in [-0.1, -0.05) is 26.7 Å². The molecular formula is C14H23BrN2O. The quantitative estimate of drug-likeness (QED) is 0.916. The summed E-state index contributed by atoms with van der Waals surface area (Å²) in [6.07, 6.45) is 8.10. The van der Waals surface area contributed by atoms with E-state index in [-0.39, 0.29) is 0 Å². The minimum Gasteiger partial charge on any atom is -0.384 e. The van der Waals surface area contributed by atoms with Gasteiger partial charge in [-0.25, -0.2) is 0 Å². The second kappa shape index (κ2) is 5.74. The Morgan fingerprint density at radius 1 is 1.56 bits per heavy atom. The van der Waals surface area contributed by atoms with Crippen LogP contribution in [0.15, 0.2) is 10.7 Å². The molecular weight excluding hydrogens is 292 g/mol. The van der Waals surface area contributed by atoms with Crippen LogP contribution in [0.2, 0.25) is 0 Å². The van der Waals surface area contributed by atoms with E-state index in [0.29, 0.717) is 5.92 Å². The molecule has 1 aromatic rings. The molecule has 1 saturated carbocycles. The van der Waals surface area contributed by atoms with E-state index >= 15 is 0 Å². The summed E-state index contributed by atoms with van der Waals surface area (Å²) >= 11 is 3.56. The summed E-state index contributed by atoms with van der Waals surface area (Å²) in [5, 5.41) is 15.4. The summed E-state index contributed by atoms with van der Waals surface area (Å²) in [4.78, 5) is 0. The smallest absolute Gasteiger partial charge is 0.108 e. The van der Waals surface area contributed by atoms with Crippen LogP contribution < -0.4 is 0 Å². The molecule has 3 nitrogen and oxygen atoms in total. The van der Waals surface area contributed by atoms with Crippen LogP contribution in [0, 0.1) is 5.92 Å². The van der Waals surface area contributed by atoms with E-state index in [4.69, 9.17) is 0 Å². The van der Waals surface area contributed by atoms with Crippen LogP contribution in [0.4, 0.5) is 0 Å². The molecule has 1 aromatic heterocycles. The van der Waals surface area contributed by atoms with E-state index in [1.165, 1.54) is 6.42 Å². The maximum Gasteiger partial charge on any atom is 0.108 e. The second-order valence-electron chi connectivity index (χ2n) is 5.47. The van der Waals surface area contributed by atoms with E-state index < -0.39 is 5.60 Å². The van der Waals surface area contributed by atoms with Crippen molar-refractivity contribution in [1.29, 1.82) is 0 Å². The maximum absolute atomic E-state index is 11.0. The summed E-state index contributed by atoms with van der Waals surface area (Å²) in [5.41, 5.74) is 0.297. The van der Waals surface area contributed by atoms with Gasteiger partial charge in [0.2, 0.25) is 0 Å². The molecule has 0 bridgehead atoms. The van der Waals surface area contributed by atoms with Gasteiger partial charge in [0.15, 0.2) is 0 Å². The zero-order valence-corrected chi connectivity index (χ0v) is 12.9. The van der Waals surface area contributed by atoms with Crippen LogP contribution >= 0.6 is 15.9 Å². The molecule has 0 spiro atoms. The Balaban J connectivity index is 2.30. The van der Waals surface area contributed by atoms with Crippen LogP contribution in [0.1, 0.15) is 58.1 Å². The predicted octanol–water partition coefficient (Wildman–Crippen LogP) is 3.84. The van der Waals surface area contributed by atoms with Crippen LogP contribution in [-0.4, -0.2) is 14.9 Å². The molecule has 0 aliphatic heterocycles. The lowest BCUT2D eigenvalue weighted by molar-refractivity contribution is -0.0297. The summed E-state index contributed by atoms with van der Waals surface area (Å²) in [6.45, 7) is 5.23. The fourth-order valence-electron chi connectivity index (χ4n) is 3.13. The highest BCUT2D eigenvalue weighted by Crippen LogP contribution is 2.43. The lowest BCUT2D eigenvalue weighted by atomic mass is 9.75. The number of hydrogen-bond acceptors (Lipinski definition) is 2. The van der Waals surface area contributed by atoms with Crippen molar-refractivity contribution in [2.75, 3.05) is 0 Å². The number of hydrogen-bond donors (Lipinski definition) is 1. The lowest BCUT2D eigenvalue weighted by Gasteiger charge is -2.37. The van der Waals surface area contributed by atoms with E-state index in [9.17, 15) is 5.11 Å². The van der Waals surface area contributed by atoms with Crippen molar-refractivity contribution < 1.29 is 5.11 Å². The van der Waals surface area contributed by atoms with E-state index in [1.54, 1.807) is 0 Å². The second-order valence-corrected chi connectivity index (χ2v) is 6.32. The first-order valence-electron chi connectivity index (χ1n) is 7.05. The Morgan fingerprint density at radius 3 is 3.00 bits per heavy atom. The highest BCUT2D eigenvalue weighted by Gasteiger charge is 2.39. The van der Waals surface area contributed by atoms with Gasteiger partial charge >= 0.3 is 0 Å². The monoisotopic (exact) mass is 314 g/mol. The number of aromatic nitrogens is 2. The van der Waals surface area contributed by atoms with Gasteiger partial charge in [-0.2, -0.15) is 5.10 Å². The van der Waals surface area contributed by atoms with Crippen molar-refractivity contribution in [2.45, 2.75) is 64.5 Å². The molecule has 2 rings (SSSR count). The Labute approximate surface area is 118 Å². The number of nitrogens with zero attached hydrogens (tertiary/aromatic N) is 2. The average Bonchev–Trinajstić information content (AvgIpc) is 2.72. The number of aryl methyl sites for hydroxylation is 1. The Bertz CT molecular complexity index is 404. The molecule has 2 atom stereocenters. The van der Waals surface area contributed by atoms with Gasteiger partial charge in [-0.3, -0.25) is 4.68 Å². The third kappa shape index (κ3) is 2.64. The summed E-state index contributed by atoms with van der Waals surface area (Å²) < 4.78 is 2.93. The largest absolute Gasteiger partial charge is 0.384 e. The standard InChI is InChI=1S/C14H23BrN2O/c1-3-8-17-13(12(15)10-16-17)14(18)7-5-6-11(4-2)9-14/h10-11,18H,3-9H2,1-2H3. The van der Waals surface area contributed by atoms with Crippen molar-refractivity contribution in [2.24, 2.45) is 5.92 Å². The molecule has 0 aromatic carbocycles. The highest BCUT2D eigenvalue weighted by molar-refractivity contribution is 9.10. The third-order valence-corrected chi connectivity index (χ3v) is 4.66.